The van der Waals surface area contributed by atoms with Crippen LogP contribution in [0.2, 0.25) is 0 Å². The summed E-state index contributed by atoms with van der Waals surface area (Å²) in [5.41, 5.74) is -3.34. The van der Waals surface area contributed by atoms with Gasteiger partial charge in [0.25, 0.3) is 5.92 Å². The summed E-state index contributed by atoms with van der Waals surface area (Å²) >= 11 is 0. The summed E-state index contributed by atoms with van der Waals surface area (Å²) in [6.45, 7) is -0.399. The standard InChI is InChI=1S/C13H12F8N2O2/c14-11(15)4-6-8(10(11)24)9(13(19,20)21)22-23(6)5-1-2-25-7(3-5)12(16,17)18/h5,7,10,24H,1-4H2/t5?,7-,10-/m0/s1. The van der Waals surface area contributed by atoms with Crippen LogP contribution in [0, 0.1) is 0 Å². The second kappa shape index (κ2) is 5.53. The number of rotatable bonds is 1. The highest BCUT2D eigenvalue weighted by Gasteiger charge is 2.55. The van der Waals surface area contributed by atoms with E-state index in [-0.39, 0.29) is 6.42 Å². The molecule has 1 unspecified atom stereocenters. The normalized spacial score (nSPS) is 29.7. The number of aliphatic hydroxyl groups is 1. The molecule has 2 heterocycles. The third-order valence-corrected chi connectivity index (χ3v) is 4.36. The van der Waals surface area contributed by atoms with E-state index in [4.69, 9.17) is 0 Å². The van der Waals surface area contributed by atoms with Gasteiger partial charge in [0, 0.05) is 18.6 Å². The molecule has 2 aliphatic rings. The maximum Gasteiger partial charge on any atom is 0.435 e. The van der Waals surface area contributed by atoms with Gasteiger partial charge in [0.1, 0.15) is 6.10 Å². The van der Waals surface area contributed by atoms with E-state index in [1.54, 1.807) is 0 Å². The molecule has 3 rings (SSSR count). The molecule has 12 heteroatoms. The maximum absolute atomic E-state index is 13.7. The largest absolute Gasteiger partial charge is 0.435 e. The number of halogens is 8. The molecule has 0 aromatic carbocycles. The molecule has 4 nitrogen and oxygen atoms in total. The van der Waals surface area contributed by atoms with Crippen LogP contribution in [0.5, 0.6) is 0 Å². The first-order valence-electron chi connectivity index (χ1n) is 7.25. The molecule has 3 atom stereocenters. The molecule has 142 valence electrons. The van der Waals surface area contributed by atoms with E-state index < -0.39 is 72.9 Å². The molecule has 1 N–H and O–H groups in total. The Labute approximate surface area is 135 Å². The van der Waals surface area contributed by atoms with Gasteiger partial charge in [0.2, 0.25) is 0 Å². The topological polar surface area (TPSA) is 47.3 Å². The van der Waals surface area contributed by atoms with Crippen molar-refractivity contribution in [3.63, 3.8) is 0 Å². The number of fused-ring (bicyclic) bond motifs is 1. The molecule has 0 amide bonds. The van der Waals surface area contributed by atoms with Gasteiger partial charge in [-0.1, -0.05) is 0 Å². The van der Waals surface area contributed by atoms with Crippen LogP contribution in [-0.2, 0) is 17.3 Å². The Morgan fingerprint density at radius 1 is 1.16 bits per heavy atom. The molecule has 0 saturated carbocycles. The third-order valence-electron chi connectivity index (χ3n) is 4.36. The molecule has 1 aromatic heterocycles. The summed E-state index contributed by atoms with van der Waals surface area (Å²) in [5.74, 6) is -3.84. The van der Waals surface area contributed by atoms with Gasteiger partial charge in [-0.15, -0.1) is 0 Å². The van der Waals surface area contributed by atoms with Crippen LogP contribution in [0.25, 0.3) is 0 Å². The highest BCUT2D eigenvalue weighted by atomic mass is 19.4. The van der Waals surface area contributed by atoms with Crippen molar-refractivity contribution in [2.24, 2.45) is 0 Å². The first kappa shape index (κ1) is 18.4. The Morgan fingerprint density at radius 2 is 1.80 bits per heavy atom. The van der Waals surface area contributed by atoms with E-state index >= 15 is 0 Å². The maximum atomic E-state index is 13.7. The number of ether oxygens (including phenoxy) is 1. The number of hydrogen-bond acceptors (Lipinski definition) is 3. The molecule has 25 heavy (non-hydrogen) atoms. The van der Waals surface area contributed by atoms with Gasteiger partial charge in [-0.3, -0.25) is 4.68 Å². The smallest absolute Gasteiger partial charge is 0.382 e. The van der Waals surface area contributed by atoms with Gasteiger partial charge in [0.15, 0.2) is 11.8 Å². The number of hydrogen-bond donors (Lipinski definition) is 1. The fraction of sp³-hybridized carbons (Fsp3) is 0.769. The number of aromatic nitrogens is 2. The van der Waals surface area contributed by atoms with Crippen LogP contribution in [0.15, 0.2) is 0 Å². The van der Waals surface area contributed by atoms with Gasteiger partial charge in [0.05, 0.1) is 18.2 Å². The summed E-state index contributed by atoms with van der Waals surface area (Å²) in [7, 11) is 0. The third kappa shape index (κ3) is 3.09. The molecule has 1 aliphatic heterocycles. The Kier molecular flexibility index (Phi) is 4.06. The Balaban J connectivity index is 2.03. The van der Waals surface area contributed by atoms with E-state index in [1.165, 1.54) is 0 Å². The zero-order chi connectivity index (χ0) is 18.8. The minimum Gasteiger partial charge on any atom is -0.382 e. The van der Waals surface area contributed by atoms with Crippen molar-refractivity contribution in [3.05, 3.63) is 17.0 Å². The lowest BCUT2D eigenvalue weighted by atomic mass is 10.0. The highest BCUT2D eigenvalue weighted by molar-refractivity contribution is 5.38. The minimum absolute atomic E-state index is 0.111. The number of alkyl halides is 8. The zero-order valence-electron chi connectivity index (χ0n) is 12.3. The molecular formula is C13H12F8N2O2. The van der Waals surface area contributed by atoms with Crippen LogP contribution >= 0.6 is 0 Å². The lowest BCUT2D eigenvalue weighted by Crippen LogP contribution is -2.39. The average molecular weight is 380 g/mol. The molecule has 1 aromatic rings. The van der Waals surface area contributed by atoms with Crippen molar-refractivity contribution >= 4 is 0 Å². The molecule has 1 saturated heterocycles. The van der Waals surface area contributed by atoms with E-state index in [1.807, 2.05) is 0 Å². The molecule has 1 fully saturated rings. The van der Waals surface area contributed by atoms with Gasteiger partial charge in [-0.2, -0.15) is 31.4 Å². The molecule has 0 bridgehead atoms. The Bertz CT molecular complexity index is 666. The van der Waals surface area contributed by atoms with Crippen molar-refractivity contribution in [2.75, 3.05) is 6.61 Å². The molecule has 0 spiro atoms. The van der Waals surface area contributed by atoms with Gasteiger partial charge in [-0.25, -0.2) is 8.78 Å². The summed E-state index contributed by atoms with van der Waals surface area (Å²) in [6.07, 6.45) is -16.8. The van der Waals surface area contributed by atoms with Crippen molar-refractivity contribution in [1.29, 1.82) is 0 Å². The fourth-order valence-corrected chi connectivity index (χ4v) is 3.22. The van der Waals surface area contributed by atoms with E-state index in [2.05, 4.69) is 9.84 Å². The predicted octanol–water partition coefficient (Wildman–Crippen LogP) is 3.41. The summed E-state index contributed by atoms with van der Waals surface area (Å²) in [4.78, 5) is 0. The molecule has 0 radical (unpaired) electrons. The van der Waals surface area contributed by atoms with Crippen LogP contribution in [0.1, 0.15) is 41.9 Å². The lowest BCUT2D eigenvalue weighted by Gasteiger charge is -2.31. The van der Waals surface area contributed by atoms with Crippen LogP contribution in [0.4, 0.5) is 35.1 Å². The summed E-state index contributed by atoms with van der Waals surface area (Å²) in [6, 6.07) is -1.19. The van der Waals surface area contributed by atoms with Gasteiger partial charge in [-0.05, 0) is 6.42 Å². The van der Waals surface area contributed by atoms with Crippen LogP contribution < -0.4 is 0 Å². The highest BCUT2D eigenvalue weighted by Crippen LogP contribution is 2.49. The van der Waals surface area contributed by atoms with Crippen molar-refractivity contribution in [3.8, 4) is 0 Å². The Morgan fingerprint density at radius 3 is 2.36 bits per heavy atom. The molecule has 1 aliphatic carbocycles. The van der Waals surface area contributed by atoms with Crippen LogP contribution in [-0.4, -0.2) is 39.7 Å². The van der Waals surface area contributed by atoms with Gasteiger partial charge >= 0.3 is 12.4 Å². The molecular weight excluding hydrogens is 368 g/mol. The number of nitrogens with zero attached hydrogens (tertiary/aromatic N) is 2. The fourth-order valence-electron chi connectivity index (χ4n) is 3.22. The number of aliphatic hydroxyl groups excluding tert-OH is 1. The van der Waals surface area contributed by atoms with E-state index in [0.29, 0.717) is 4.68 Å². The summed E-state index contributed by atoms with van der Waals surface area (Å²) in [5, 5.41) is 12.8. The summed E-state index contributed by atoms with van der Waals surface area (Å²) < 4.78 is 110. The van der Waals surface area contributed by atoms with Gasteiger partial charge < -0.3 is 9.84 Å². The van der Waals surface area contributed by atoms with Crippen molar-refractivity contribution in [1.82, 2.24) is 9.78 Å². The first-order valence-corrected chi connectivity index (χ1v) is 7.25. The SMILES string of the molecule is O[C@H]1c2c(C(F)(F)F)nn(C3CCO[C@H](C(F)(F)F)C3)c2CC1(F)F. The second-order valence-corrected chi connectivity index (χ2v) is 6.07. The lowest BCUT2D eigenvalue weighted by molar-refractivity contribution is -0.235. The van der Waals surface area contributed by atoms with Crippen LogP contribution in [0.3, 0.4) is 0 Å². The van der Waals surface area contributed by atoms with E-state index in [0.717, 1.165) is 0 Å². The monoisotopic (exact) mass is 380 g/mol. The average Bonchev–Trinajstić information content (AvgIpc) is 2.93. The van der Waals surface area contributed by atoms with Crippen molar-refractivity contribution in [2.45, 2.75) is 55.8 Å². The minimum atomic E-state index is -5.12. The second-order valence-electron chi connectivity index (χ2n) is 6.07. The van der Waals surface area contributed by atoms with E-state index in [9.17, 15) is 40.2 Å². The quantitative estimate of drug-likeness (QED) is 0.760. The first-order chi connectivity index (χ1) is 11.3. The Hall–Kier alpha value is -1.43. The zero-order valence-corrected chi connectivity index (χ0v) is 12.3. The predicted molar refractivity (Wildman–Crippen MR) is 64.9 cm³/mol. The van der Waals surface area contributed by atoms with Crippen molar-refractivity contribution < 1.29 is 45.0 Å².